The number of hydrogen-bond acceptors (Lipinski definition) is 2. The Bertz CT molecular complexity index is 717. The van der Waals surface area contributed by atoms with Gasteiger partial charge in [-0.25, -0.2) is 0 Å². The number of nitrogen functional groups attached to an aromatic ring is 2. The van der Waals surface area contributed by atoms with Crippen molar-refractivity contribution < 1.29 is 0 Å². The maximum atomic E-state index is 6.13. The first-order valence-electron chi connectivity index (χ1n) is 5.89. The van der Waals surface area contributed by atoms with Crippen LogP contribution in [0.4, 0.5) is 11.4 Å². The van der Waals surface area contributed by atoms with Crippen molar-refractivity contribution >= 4 is 22.1 Å². The quantitative estimate of drug-likeness (QED) is 0.631. The van der Waals surface area contributed by atoms with E-state index in [4.69, 9.17) is 11.5 Å². The maximum Gasteiger partial charge on any atom is 0.0401 e. The standard InChI is InChI=1S/C16H14N2/c17-14-8-4-3-7-13(14)16-12-6-2-1-5-11(12)9-10-15(16)18/h1-10H,17-18H2. The molecule has 0 aliphatic heterocycles. The monoisotopic (exact) mass is 234 g/mol. The molecule has 0 amide bonds. The molecule has 0 radical (unpaired) electrons. The number of para-hydroxylation sites is 1. The van der Waals surface area contributed by atoms with Crippen molar-refractivity contribution in [3.63, 3.8) is 0 Å². The van der Waals surface area contributed by atoms with Gasteiger partial charge in [0.25, 0.3) is 0 Å². The molecule has 0 saturated carbocycles. The molecule has 3 rings (SSSR count). The van der Waals surface area contributed by atoms with Gasteiger partial charge in [-0.05, 0) is 22.9 Å². The van der Waals surface area contributed by atoms with E-state index in [9.17, 15) is 0 Å². The molecule has 0 aliphatic rings. The Morgan fingerprint density at radius 2 is 1.33 bits per heavy atom. The van der Waals surface area contributed by atoms with Crippen LogP contribution >= 0.6 is 0 Å². The van der Waals surface area contributed by atoms with Gasteiger partial charge in [0.2, 0.25) is 0 Å². The fourth-order valence-electron chi connectivity index (χ4n) is 2.31. The molecule has 0 spiro atoms. The van der Waals surface area contributed by atoms with Crippen LogP contribution in [0.5, 0.6) is 0 Å². The molecule has 3 aromatic carbocycles. The van der Waals surface area contributed by atoms with Crippen molar-refractivity contribution in [2.45, 2.75) is 0 Å². The van der Waals surface area contributed by atoms with Crippen molar-refractivity contribution in [2.75, 3.05) is 11.5 Å². The lowest BCUT2D eigenvalue weighted by Crippen LogP contribution is -1.95. The minimum Gasteiger partial charge on any atom is -0.398 e. The Hall–Kier alpha value is -2.48. The largest absolute Gasteiger partial charge is 0.398 e. The average molecular weight is 234 g/mol. The molecule has 88 valence electrons. The molecule has 0 aliphatic carbocycles. The summed E-state index contributed by atoms with van der Waals surface area (Å²) in [7, 11) is 0. The molecular formula is C16H14N2. The Morgan fingerprint density at radius 1 is 0.611 bits per heavy atom. The highest BCUT2D eigenvalue weighted by atomic mass is 14.6. The minimum atomic E-state index is 0.751. The minimum absolute atomic E-state index is 0.751. The summed E-state index contributed by atoms with van der Waals surface area (Å²) in [6.07, 6.45) is 0. The summed E-state index contributed by atoms with van der Waals surface area (Å²) in [4.78, 5) is 0. The van der Waals surface area contributed by atoms with Crippen LogP contribution in [0.1, 0.15) is 0 Å². The van der Waals surface area contributed by atoms with Crippen molar-refractivity contribution in [1.29, 1.82) is 0 Å². The Balaban J connectivity index is 2.42. The molecule has 0 heterocycles. The van der Waals surface area contributed by atoms with E-state index in [0.717, 1.165) is 27.9 Å². The number of nitrogens with two attached hydrogens (primary N) is 2. The van der Waals surface area contributed by atoms with E-state index in [2.05, 4.69) is 12.1 Å². The van der Waals surface area contributed by atoms with E-state index in [-0.39, 0.29) is 0 Å². The van der Waals surface area contributed by atoms with Gasteiger partial charge in [0.15, 0.2) is 0 Å². The first-order chi connectivity index (χ1) is 8.77. The molecule has 0 fully saturated rings. The molecule has 0 saturated heterocycles. The highest BCUT2D eigenvalue weighted by Gasteiger charge is 2.09. The van der Waals surface area contributed by atoms with E-state index in [1.54, 1.807) is 0 Å². The van der Waals surface area contributed by atoms with Gasteiger partial charge in [-0.1, -0.05) is 48.5 Å². The number of rotatable bonds is 1. The number of anilines is 2. The average Bonchev–Trinajstić information content (AvgIpc) is 2.40. The smallest absolute Gasteiger partial charge is 0.0401 e. The van der Waals surface area contributed by atoms with Crippen LogP contribution in [-0.2, 0) is 0 Å². The zero-order valence-electron chi connectivity index (χ0n) is 9.93. The van der Waals surface area contributed by atoms with E-state index in [1.807, 2.05) is 48.5 Å². The third-order valence-electron chi connectivity index (χ3n) is 3.19. The lowest BCUT2D eigenvalue weighted by atomic mass is 9.95. The number of hydrogen-bond donors (Lipinski definition) is 2. The summed E-state index contributed by atoms with van der Waals surface area (Å²) in [5.41, 5.74) is 15.7. The van der Waals surface area contributed by atoms with E-state index in [1.165, 1.54) is 5.39 Å². The van der Waals surface area contributed by atoms with E-state index >= 15 is 0 Å². The van der Waals surface area contributed by atoms with Gasteiger partial charge in [-0.2, -0.15) is 0 Å². The summed E-state index contributed by atoms with van der Waals surface area (Å²) >= 11 is 0. The summed E-state index contributed by atoms with van der Waals surface area (Å²) in [6, 6.07) is 20.0. The summed E-state index contributed by atoms with van der Waals surface area (Å²) < 4.78 is 0. The van der Waals surface area contributed by atoms with Gasteiger partial charge in [-0.3, -0.25) is 0 Å². The van der Waals surface area contributed by atoms with Crippen LogP contribution in [-0.4, -0.2) is 0 Å². The number of benzene rings is 3. The molecule has 18 heavy (non-hydrogen) atoms. The lowest BCUT2D eigenvalue weighted by Gasteiger charge is -2.12. The van der Waals surface area contributed by atoms with Crippen molar-refractivity contribution in [1.82, 2.24) is 0 Å². The highest BCUT2D eigenvalue weighted by molar-refractivity contribution is 6.04. The predicted octanol–water partition coefficient (Wildman–Crippen LogP) is 3.67. The molecule has 3 aromatic rings. The van der Waals surface area contributed by atoms with Crippen LogP contribution in [0.25, 0.3) is 21.9 Å². The molecule has 2 nitrogen and oxygen atoms in total. The van der Waals surface area contributed by atoms with Crippen LogP contribution in [0.15, 0.2) is 60.7 Å². The molecule has 0 bridgehead atoms. The first-order valence-corrected chi connectivity index (χ1v) is 5.89. The molecule has 0 aromatic heterocycles. The number of fused-ring (bicyclic) bond motifs is 1. The summed E-state index contributed by atoms with van der Waals surface area (Å²) in [5, 5.41) is 2.31. The fourth-order valence-corrected chi connectivity index (χ4v) is 2.31. The van der Waals surface area contributed by atoms with Gasteiger partial charge in [0.05, 0.1) is 0 Å². The topological polar surface area (TPSA) is 52.0 Å². The Morgan fingerprint density at radius 3 is 2.17 bits per heavy atom. The summed E-state index contributed by atoms with van der Waals surface area (Å²) in [5.74, 6) is 0. The Labute approximate surface area is 106 Å². The third kappa shape index (κ3) is 1.59. The Kier molecular flexibility index (Phi) is 2.41. The second-order valence-electron chi connectivity index (χ2n) is 4.34. The van der Waals surface area contributed by atoms with Gasteiger partial charge in [0.1, 0.15) is 0 Å². The molecule has 0 unspecified atom stereocenters. The lowest BCUT2D eigenvalue weighted by molar-refractivity contribution is 1.63. The van der Waals surface area contributed by atoms with Crippen LogP contribution in [0.3, 0.4) is 0 Å². The third-order valence-corrected chi connectivity index (χ3v) is 3.19. The van der Waals surface area contributed by atoms with Crippen LogP contribution in [0, 0.1) is 0 Å². The second-order valence-corrected chi connectivity index (χ2v) is 4.34. The van der Waals surface area contributed by atoms with Gasteiger partial charge in [-0.15, -0.1) is 0 Å². The molecule has 2 heteroatoms. The van der Waals surface area contributed by atoms with E-state index in [0.29, 0.717) is 0 Å². The normalized spacial score (nSPS) is 10.7. The van der Waals surface area contributed by atoms with Crippen molar-refractivity contribution in [3.05, 3.63) is 60.7 Å². The first kappa shape index (κ1) is 10.7. The van der Waals surface area contributed by atoms with Gasteiger partial charge < -0.3 is 11.5 Å². The van der Waals surface area contributed by atoms with Gasteiger partial charge >= 0.3 is 0 Å². The van der Waals surface area contributed by atoms with E-state index < -0.39 is 0 Å². The maximum absolute atomic E-state index is 6.13. The molecule has 0 atom stereocenters. The zero-order valence-corrected chi connectivity index (χ0v) is 9.93. The fraction of sp³-hybridized carbons (Fsp3) is 0. The van der Waals surface area contributed by atoms with Crippen LogP contribution in [0.2, 0.25) is 0 Å². The molecular weight excluding hydrogens is 220 g/mol. The van der Waals surface area contributed by atoms with Gasteiger partial charge in [0, 0.05) is 22.5 Å². The van der Waals surface area contributed by atoms with Crippen molar-refractivity contribution in [3.8, 4) is 11.1 Å². The van der Waals surface area contributed by atoms with Crippen molar-refractivity contribution in [2.24, 2.45) is 0 Å². The SMILES string of the molecule is Nc1ccccc1-c1c(N)ccc2ccccc12. The van der Waals surface area contributed by atoms with Crippen LogP contribution < -0.4 is 11.5 Å². The summed E-state index contributed by atoms with van der Waals surface area (Å²) in [6.45, 7) is 0. The highest BCUT2D eigenvalue weighted by Crippen LogP contribution is 2.36. The second kappa shape index (κ2) is 4.08. The predicted molar refractivity (Wildman–Crippen MR) is 78.2 cm³/mol. The zero-order chi connectivity index (χ0) is 12.5. The molecule has 4 N–H and O–H groups in total.